The number of benzene rings is 1. The van der Waals surface area contributed by atoms with Gasteiger partial charge in [-0.1, -0.05) is 24.6 Å². The molecule has 0 bridgehead atoms. The number of nitrogens with zero attached hydrogens (tertiary/aromatic N) is 2. The van der Waals surface area contributed by atoms with Crippen LogP contribution < -0.4 is 5.32 Å². The first-order valence-corrected chi connectivity index (χ1v) is 6.91. The van der Waals surface area contributed by atoms with Crippen LogP contribution in [0.1, 0.15) is 29.4 Å². The van der Waals surface area contributed by atoms with Gasteiger partial charge in [0.05, 0.1) is 23.0 Å². The Kier molecular flexibility index (Phi) is 4.15. The van der Waals surface area contributed by atoms with E-state index in [-0.39, 0.29) is 0 Å². The Morgan fingerprint density at radius 1 is 1.21 bits per heavy atom. The van der Waals surface area contributed by atoms with Crippen molar-refractivity contribution in [2.45, 2.75) is 33.7 Å². The molecule has 1 aromatic heterocycles. The lowest BCUT2D eigenvalue weighted by atomic mass is 10.1. The normalized spacial score (nSPS) is 10.8. The van der Waals surface area contributed by atoms with Crippen molar-refractivity contribution < 1.29 is 0 Å². The van der Waals surface area contributed by atoms with Crippen molar-refractivity contribution in [3.63, 3.8) is 0 Å². The minimum atomic E-state index is 0.686. The van der Waals surface area contributed by atoms with Crippen molar-refractivity contribution in [3.8, 4) is 0 Å². The number of nitrogens with one attached hydrogen (secondary N) is 1. The van der Waals surface area contributed by atoms with Crippen molar-refractivity contribution in [2.75, 3.05) is 5.32 Å². The molecule has 1 N–H and O–H groups in total. The second-order valence-electron chi connectivity index (χ2n) is 4.91. The Morgan fingerprint density at radius 3 is 2.37 bits per heavy atom. The van der Waals surface area contributed by atoms with E-state index in [0.717, 1.165) is 28.5 Å². The maximum absolute atomic E-state index is 6.34. The molecule has 0 fully saturated rings. The zero-order valence-electron chi connectivity index (χ0n) is 11.9. The summed E-state index contributed by atoms with van der Waals surface area (Å²) in [6.07, 6.45) is 0.857. The largest absolute Gasteiger partial charge is 0.379 e. The van der Waals surface area contributed by atoms with Gasteiger partial charge in [0, 0.05) is 12.7 Å². The van der Waals surface area contributed by atoms with E-state index in [1.807, 2.05) is 11.7 Å². The predicted octanol–water partition coefficient (Wildman–Crippen LogP) is 3.86. The summed E-state index contributed by atoms with van der Waals surface area (Å²) in [7, 11) is 1.93. The molecule has 102 valence electrons. The molecular weight excluding hydrogens is 258 g/mol. The molecule has 0 aliphatic carbocycles. The summed E-state index contributed by atoms with van der Waals surface area (Å²) in [5.41, 5.74) is 5.62. The summed E-state index contributed by atoms with van der Waals surface area (Å²) < 4.78 is 1.86. The van der Waals surface area contributed by atoms with Gasteiger partial charge in [-0.2, -0.15) is 5.10 Å². The maximum Gasteiger partial charge on any atom is 0.0868 e. The quantitative estimate of drug-likeness (QED) is 0.919. The molecule has 0 radical (unpaired) electrons. The first-order chi connectivity index (χ1) is 9.01. The van der Waals surface area contributed by atoms with Gasteiger partial charge in [0.25, 0.3) is 0 Å². The van der Waals surface area contributed by atoms with Gasteiger partial charge in [0.1, 0.15) is 0 Å². The zero-order chi connectivity index (χ0) is 14.0. The molecule has 2 aromatic rings. The van der Waals surface area contributed by atoms with Crippen LogP contribution in [0.2, 0.25) is 5.02 Å². The van der Waals surface area contributed by atoms with E-state index >= 15 is 0 Å². The van der Waals surface area contributed by atoms with Crippen molar-refractivity contribution in [1.82, 2.24) is 9.78 Å². The van der Waals surface area contributed by atoms with Gasteiger partial charge in [-0.25, -0.2) is 0 Å². The minimum Gasteiger partial charge on any atom is -0.379 e. The molecule has 2 rings (SSSR count). The molecule has 19 heavy (non-hydrogen) atoms. The highest BCUT2D eigenvalue weighted by Gasteiger charge is 2.12. The molecule has 0 saturated carbocycles. The molecule has 0 atom stereocenters. The third-order valence-corrected chi connectivity index (χ3v) is 3.62. The van der Waals surface area contributed by atoms with Gasteiger partial charge in [0.15, 0.2) is 0 Å². The monoisotopic (exact) mass is 277 g/mol. The lowest BCUT2D eigenvalue weighted by Gasteiger charge is -2.09. The number of aromatic nitrogens is 2. The van der Waals surface area contributed by atoms with Gasteiger partial charge >= 0.3 is 0 Å². The maximum atomic E-state index is 6.34. The Hall–Kier alpha value is -1.48. The van der Waals surface area contributed by atoms with E-state index < -0.39 is 0 Å². The zero-order valence-corrected chi connectivity index (χ0v) is 12.7. The van der Waals surface area contributed by atoms with Crippen LogP contribution in [0.15, 0.2) is 18.2 Å². The summed E-state index contributed by atoms with van der Waals surface area (Å²) in [6.45, 7) is 6.95. The van der Waals surface area contributed by atoms with E-state index in [2.05, 4.69) is 49.4 Å². The highest BCUT2D eigenvalue weighted by molar-refractivity contribution is 6.31. The molecule has 0 aliphatic heterocycles. The first kappa shape index (κ1) is 13.9. The summed E-state index contributed by atoms with van der Waals surface area (Å²) in [5, 5.41) is 8.62. The Morgan fingerprint density at radius 2 is 1.84 bits per heavy atom. The molecule has 3 nitrogen and oxygen atoms in total. The number of halogens is 1. The van der Waals surface area contributed by atoms with Crippen molar-refractivity contribution >= 4 is 17.3 Å². The smallest absolute Gasteiger partial charge is 0.0868 e. The van der Waals surface area contributed by atoms with Crippen LogP contribution in [0, 0.1) is 13.8 Å². The lowest BCUT2D eigenvalue weighted by molar-refractivity contribution is 0.707. The van der Waals surface area contributed by atoms with Crippen LogP contribution >= 0.6 is 11.6 Å². The standard InChI is InChI=1S/C15H20ClN3/c1-5-13-15(16)14(19(4)18-13)9-17-12-7-10(2)6-11(3)8-12/h6-8,17H,5,9H2,1-4H3. The van der Waals surface area contributed by atoms with Crippen LogP contribution in [0.25, 0.3) is 0 Å². The highest BCUT2D eigenvalue weighted by Crippen LogP contribution is 2.22. The average Bonchev–Trinajstić information content (AvgIpc) is 2.61. The number of anilines is 1. The predicted molar refractivity (Wildman–Crippen MR) is 80.8 cm³/mol. The molecule has 0 amide bonds. The number of rotatable bonds is 4. The van der Waals surface area contributed by atoms with E-state index in [1.54, 1.807) is 0 Å². The Balaban J connectivity index is 2.16. The van der Waals surface area contributed by atoms with Gasteiger partial charge < -0.3 is 5.32 Å². The van der Waals surface area contributed by atoms with E-state index in [0.29, 0.717) is 6.54 Å². The van der Waals surface area contributed by atoms with Gasteiger partial charge in [-0.05, 0) is 43.5 Å². The molecule has 0 spiro atoms. The van der Waals surface area contributed by atoms with Crippen LogP contribution in [0.5, 0.6) is 0 Å². The molecule has 4 heteroatoms. The fraction of sp³-hybridized carbons (Fsp3) is 0.400. The SMILES string of the molecule is CCc1nn(C)c(CNc2cc(C)cc(C)c2)c1Cl. The van der Waals surface area contributed by atoms with Crippen molar-refractivity contribution in [2.24, 2.45) is 7.05 Å². The van der Waals surface area contributed by atoms with Gasteiger partial charge in [-0.15, -0.1) is 0 Å². The summed E-state index contributed by atoms with van der Waals surface area (Å²) >= 11 is 6.34. The second-order valence-corrected chi connectivity index (χ2v) is 5.29. The second kappa shape index (κ2) is 5.66. The molecular formula is C15H20ClN3. The number of aryl methyl sites for hydroxylation is 4. The molecule has 0 aliphatic rings. The first-order valence-electron chi connectivity index (χ1n) is 6.53. The van der Waals surface area contributed by atoms with Crippen LogP contribution in [0.3, 0.4) is 0 Å². The van der Waals surface area contributed by atoms with Gasteiger partial charge in [-0.3, -0.25) is 4.68 Å². The van der Waals surface area contributed by atoms with Gasteiger partial charge in [0.2, 0.25) is 0 Å². The average molecular weight is 278 g/mol. The van der Waals surface area contributed by atoms with Crippen molar-refractivity contribution in [3.05, 3.63) is 45.7 Å². The topological polar surface area (TPSA) is 29.9 Å². The number of hydrogen-bond donors (Lipinski definition) is 1. The Bertz CT molecular complexity index is 567. The molecule has 1 aromatic carbocycles. The molecule has 0 saturated heterocycles. The fourth-order valence-electron chi connectivity index (χ4n) is 2.27. The molecule has 0 unspecified atom stereocenters. The van der Waals surface area contributed by atoms with E-state index in [1.165, 1.54) is 11.1 Å². The lowest BCUT2D eigenvalue weighted by Crippen LogP contribution is -2.06. The fourth-order valence-corrected chi connectivity index (χ4v) is 2.63. The minimum absolute atomic E-state index is 0.686. The summed E-state index contributed by atoms with van der Waals surface area (Å²) in [5.74, 6) is 0. The third kappa shape index (κ3) is 3.10. The van der Waals surface area contributed by atoms with Crippen LogP contribution in [0.4, 0.5) is 5.69 Å². The van der Waals surface area contributed by atoms with E-state index in [9.17, 15) is 0 Å². The number of hydrogen-bond acceptors (Lipinski definition) is 2. The van der Waals surface area contributed by atoms with Crippen LogP contribution in [-0.4, -0.2) is 9.78 Å². The van der Waals surface area contributed by atoms with Crippen LogP contribution in [-0.2, 0) is 20.0 Å². The third-order valence-electron chi connectivity index (χ3n) is 3.18. The summed E-state index contributed by atoms with van der Waals surface area (Å²) in [4.78, 5) is 0. The Labute approximate surface area is 119 Å². The highest BCUT2D eigenvalue weighted by atomic mass is 35.5. The summed E-state index contributed by atoms with van der Waals surface area (Å²) in [6, 6.07) is 6.44. The van der Waals surface area contributed by atoms with Crippen molar-refractivity contribution in [1.29, 1.82) is 0 Å². The molecule has 1 heterocycles. The van der Waals surface area contributed by atoms with E-state index in [4.69, 9.17) is 11.6 Å².